The zero-order valence-electron chi connectivity index (χ0n) is 10.5. The van der Waals surface area contributed by atoms with Crippen LogP contribution in [0.4, 0.5) is 5.82 Å². The van der Waals surface area contributed by atoms with Gasteiger partial charge in [-0.15, -0.1) is 11.3 Å². The van der Waals surface area contributed by atoms with E-state index in [1.807, 2.05) is 23.2 Å². The van der Waals surface area contributed by atoms with Crippen molar-refractivity contribution in [3.63, 3.8) is 0 Å². The second-order valence-corrected chi connectivity index (χ2v) is 6.35. The molecule has 0 spiro atoms. The lowest BCUT2D eigenvalue weighted by atomic mass is 10.3. The maximum atomic E-state index is 5.60. The molecule has 2 aromatic rings. The number of nitrogens with zero attached hydrogens (tertiary/aromatic N) is 2. The Morgan fingerprint density at radius 3 is 3.26 bits per heavy atom. The average molecular weight is 296 g/mol. The molecular formula is C12H16N4OS2. The number of fused-ring (bicyclic) bond motifs is 1. The van der Waals surface area contributed by atoms with Gasteiger partial charge in [-0.1, -0.05) is 0 Å². The molecule has 3 N–H and O–H groups in total. The van der Waals surface area contributed by atoms with Crippen LogP contribution in [0.5, 0.6) is 0 Å². The van der Waals surface area contributed by atoms with E-state index in [0.717, 1.165) is 34.2 Å². The van der Waals surface area contributed by atoms with Crippen LogP contribution >= 0.6 is 23.1 Å². The van der Waals surface area contributed by atoms with Gasteiger partial charge in [0.2, 0.25) is 0 Å². The molecule has 3 heterocycles. The summed E-state index contributed by atoms with van der Waals surface area (Å²) in [6.07, 6.45) is 2.76. The molecule has 0 radical (unpaired) electrons. The van der Waals surface area contributed by atoms with Crippen LogP contribution in [0, 0.1) is 0 Å². The van der Waals surface area contributed by atoms with Gasteiger partial charge in [-0.2, -0.15) is 11.8 Å². The SMILES string of the molecule is NNc1nc(CSCC2CCCO2)nc2sccc12. The summed E-state index contributed by atoms with van der Waals surface area (Å²) in [7, 11) is 0. The average Bonchev–Trinajstić information content (AvgIpc) is 3.08. The Hall–Kier alpha value is -0.890. The van der Waals surface area contributed by atoms with Crippen molar-refractivity contribution in [2.45, 2.75) is 24.7 Å². The Morgan fingerprint density at radius 2 is 2.47 bits per heavy atom. The first-order chi connectivity index (χ1) is 9.36. The highest BCUT2D eigenvalue weighted by molar-refractivity contribution is 7.98. The van der Waals surface area contributed by atoms with E-state index in [0.29, 0.717) is 11.9 Å². The first-order valence-electron chi connectivity index (χ1n) is 6.27. The molecule has 2 aromatic heterocycles. The Kier molecular flexibility index (Phi) is 4.17. The molecule has 102 valence electrons. The molecule has 7 heteroatoms. The van der Waals surface area contributed by atoms with Crippen LogP contribution in [0.2, 0.25) is 0 Å². The van der Waals surface area contributed by atoms with Crippen molar-refractivity contribution in [1.29, 1.82) is 0 Å². The molecule has 0 aliphatic carbocycles. The number of hydrogen-bond acceptors (Lipinski definition) is 7. The van der Waals surface area contributed by atoms with Gasteiger partial charge >= 0.3 is 0 Å². The zero-order valence-corrected chi connectivity index (χ0v) is 12.1. The topological polar surface area (TPSA) is 73.1 Å². The summed E-state index contributed by atoms with van der Waals surface area (Å²) in [6.45, 7) is 0.907. The van der Waals surface area contributed by atoms with Crippen LogP contribution in [0.1, 0.15) is 18.7 Å². The molecule has 0 aromatic carbocycles. The van der Waals surface area contributed by atoms with Crippen molar-refractivity contribution in [1.82, 2.24) is 9.97 Å². The van der Waals surface area contributed by atoms with Crippen LogP contribution in [-0.2, 0) is 10.5 Å². The van der Waals surface area contributed by atoms with E-state index in [1.54, 1.807) is 11.3 Å². The number of aromatic nitrogens is 2. The Balaban J connectivity index is 1.66. The van der Waals surface area contributed by atoms with Gasteiger partial charge in [-0.3, -0.25) is 0 Å². The Labute approximate surface area is 119 Å². The number of nitrogen functional groups attached to an aromatic ring is 1. The standard InChI is InChI=1S/C12H16N4OS2/c13-16-11-9-3-5-19-12(9)15-10(14-11)7-18-6-8-2-1-4-17-8/h3,5,8H,1-2,4,6-7,13H2,(H,14,15,16). The van der Waals surface area contributed by atoms with E-state index in [2.05, 4.69) is 15.4 Å². The zero-order chi connectivity index (χ0) is 13.1. The van der Waals surface area contributed by atoms with E-state index in [4.69, 9.17) is 10.6 Å². The van der Waals surface area contributed by atoms with Crippen molar-refractivity contribution in [2.24, 2.45) is 5.84 Å². The monoisotopic (exact) mass is 296 g/mol. The maximum absolute atomic E-state index is 5.60. The number of rotatable bonds is 5. The van der Waals surface area contributed by atoms with Crippen LogP contribution in [0.25, 0.3) is 10.2 Å². The number of thioether (sulfide) groups is 1. The normalized spacial score (nSPS) is 19.1. The fraction of sp³-hybridized carbons (Fsp3) is 0.500. The Morgan fingerprint density at radius 1 is 1.53 bits per heavy atom. The summed E-state index contributed by atoms with van der Waals surface area (Å²) in [5.41, 5.74) is 2.65. The summed E-state index contributed by atoms with van der Waals surface area (Å²) in [4.78, 5) is 9.99. The van der Waals surface area contributed by atoms with E-state index < -0.39 is 0 Å². The fourth-order valence-corrected chi connectivity index (χ4v) is 3.87. The lowest BCUT2D eigenvalue weighted by Crippen LogP contribution is -2.11. The first-order valence-corrected chi connectivity index (χ1v) is 8.30. The highest BCUT2D eigenvalue weighted by Gasteiger charge is 2.15. The van der Waals surface area contributed by atoms with Crippen LogP contribution in [0.15, 0.2) is 11.4 Å². The van der Waals surface area contributed by atoms with Gasteiger partial charge in [0.05, 0.1) is 17.2 Å². The number of nitrogens with two attached hydrogens (primary N) is 1. The van der Waals surface area contributed by atoms with Gasteiger partial charge in [0, 0.05) is 12.4 Å². The van der Waals surface area contributed by atoms with Gasteiger partial charge in [-0.25, -0.2) is 15.8 Å². The van der Waals surface area contributed by atoms with Gasteiger partial charge in [-0.05, 0) is 24.3 Å². The van der Waals surface area contributed by atoms with E-state index >= 15 is 0 Å². The molecule has 0 saturated carbocycles. The van der Waals surface area contributed by atoms with Gasteiger partial charge in [0.25, 0.3) is 0 Å². The lowest BCUT2D eigenvalue weighted by molar-refractivity contribution is 0.129. The molecule has 1 atom stereocenters. The fourth-order valence-electron chi connectivity index (χ4n) is 2.13. The largest absolute Gasteiger partial charge is 0.377 e. The summed E-state index contributed by atoms with van der Waals surface area (Å²) in [5, 5.41) is 2.99. The minimum absolute atomic E-state index is 0.405. The number of thiophene rings is 1. The first kappa shape index (κ1) is 13.1. The summed E-state index contributed by atoms with van der Waals surface area (Å²) in [5.74, 6) is 8.85. The summed E-state index contributed by atoms with van der Waals surface area (Å²) in [6, 6.07) is 1.98. The maximum Gasteiger partial charge on any atom is 0.152 e. The molecule has 1 saturated heterocycles. The van der Waals surface area contributed by atoms with Gasteiger partial charge in [0.1, 0.15) is 10.7 Å². The third-order valence-corrected chi connectivity index (χ3v) is 4.94. The second kappa shape index (κ2) is 6.04. The molecule has 19 heavy (non-hydrogen) atoms. The third kappa shape index (κ3) is 3.00. The smallest absolute Gasteiger partial charge is 0.152 e. The number of anilines is 1. The summed E-state index contributed by atoms with van der Waals surface area (Å²) < 4.78 is 5.60. The van der Waals surface area contributed by atoms with Crippen molar-refractivity contribution in [3.8, 4) is 0 Å². The highest BCUT2D eigenvalue weighted by atomic mass is 32.2. The lowest BCUT2D eigenvalue weighted by Gasteiger charge is -2.08. The van der Waals surface area contributed by atoms with Crippen LogP contribution in [-0.4, -0.2) is 28.4 Å². The van der Waals surface area contributed by atoms with E-state index in [-0.39, 0.29) is 0 Å². The molecule has 1 unspecified atom stereocenters. The van der Waals surface area contributed by atoms with Crippen molar-refractivity contribution in [3.05, 3.63) is 17.3 Å². The second-order valence-electron chi connectivity index (χ2n) is 4.42. The Bertz CT molecular complexity index is 554. The minimum Gasteiger partial charge on any atom is -0.377 e. The molecule has 1 aliphatic heterocycles. The molecule has 3 rings (SSSR count). The molecule has 1 aliphatic rings. The van der Waals surface area contributed by atoms with Crippen molar-refractivity contribution < 1.29 is 4.74 Å². The number of ether oxygens (including phenoxy) is 1. The number of nitrogens with one attached hydrogen (secondary N) is 1. The van der Waals surface area contributed by atoms with E-state index in [9.17, 15) is 0 Å². The highest BCUT2D eigenvalue weighted by Crippen LogP contribution is 2.26. The van der Waals surface area contributed by atoms with Crippen molar-refractivity contribution in [2.75, 3.05) is 17.8 Å². The van der Waals surface area contributed by atoms with Crippen LogP contribution in [0.3, 0.4) is 0 Å². The molecule has 0 bridgehead atoms. The number of hydrazine groups is 1. The van der Waals surface area contributed by atoms with Crippen molar-refractivity contribution >= 4 is 39.1 Å². The predicted octanol–water partition coefficient (Wildman–Crippen LogP) is 2.39. The van der Waals surface area contributed by atoms with Gasteiger partial charge < -0.3 is 10.2 Å². The molecular weight excluding hydrogens is 280 g/mol. The number of hydrogen-bond donors (Lipinski definition) is 2. The minimum atomic E-state index is 0.405. The predicted molar refractivity (Wildman–Crippen MR) is 80.4 cm³/mol. The molecule has 0 amide bonds. The molecule has 1 fully saturated rings. The quantitative estimate of drug-likeness (QED) is 0.652. The van der Waals surface area contributed by atoms with Crippen LogP contribution < -0.4 is 11.3 Å². The summed E-state index contributed by atoms with van der Waals surface area (Å²) >= 11 is 3.43. The molecule has 5 nitrogen and oxygen atoms in total. The van der Waals surface area contributed by atoms with Gasteiger partial charge in [0.15, 0.2) is 5.82 Å². The third-order valence-electron chi connectivity index (χ3n) is 3.07. The van der Waals surface area contributed by atoms with E-state index in [1.165, 1.54) is 12.8 Å².